The number of carbonyl (C=O) groups is 1. The highest BCUT2D eigenvalue weighted by atomic mass is 16.5. The highest BCUT2D eigenvalue weighted by Crippen LogP contribution is 2.31. The number of likely N-dealkylation sites (N-methyl/N-ethyl adjacent to an activating group) is 1. The standard InChI is InChI=1S/C14H20N2O3/c1-14(2,18)9-16(3)13(17)10-5-4-6-11-12(10)19-8-7-15-11/h4-6,15,18H,7-9H2,1-3H3. The first kappa shape index (κ1) is 13.7. The third-order valence-electron chi connectivity index (χ3n) is 2.88. The van der Waals surface area contributed by atoms with Gasteiger partial charge in [-0.3, -0.25) is 4.79 Å². The number of para-hydroxylation sites is 1. The molecule has 104 valence electrons. The van der Waals surface area contributed by atoms with Crippen LogP contribution in [0.15, 0.2) is 18.2 Å². The topological polar surface area (TPSA) is 61.8 Å². The number of rotatable bonds is 3. The molecule has 1 aromatic carbocycles. The predicted octanol–water partition coefficient (Wildman–Crippen LogP) is 1.33. The molecule has 0 aromatic heterocycles. The largest absolute Gasteiger partial charge is 0.489 e. The second-order valence-electron chi connectivity index (χ2n) is 5.43. The Bertz CT molecular complexity index is 480. The van der Waals surface area contributed by atoms with Gasteiger partial charge in [0.2, 0.25) is 0 Å². The van der Waals surface area contributed by atoms with Crippen LogP contribution in [0.4, 0.5) is 5.69 Å². The molecule has 1 aliphatic heterocycles. The SMILES string of the molecule is CN(CC(C)(C)O)C(=O)c1cccc2c1OCCN2. The van der Waals surface area contributed by atoms with E-state index in [0.717, 1.165) is 12.2 Å². The van der Waals surface area contributed by atoms with Crippen molar-refractivity contribution in [2.75, 3.05) is 32.1 Å². The number of amides is 1. The van der Waals surface area contributed by atoms with E-state index in [0.29, 0.717) is 17.9 Å². The van der Waals surface area contributed by atoms with Crippen molar-refractivity contribution in [1.82, 2.24) is 4.90 Å². The fourth-order valence-corrected chi connectivity index (χ4v) is 2.20. The van der Waals surface area contributed by atoms with E-state index in [1.165, 1.54) is 4.90 Å². The summed E-state index contributed by atoms with van der Waals surface area (Å²) in [6.07, 6.45) is 0. The van der Waals surface area contributed by atoms with Crippen LogP contribution in [0.3, 0.4) is 0 Å². The normalized spacial score (nSPS) is 14.1. The molecule has 5 nitrogen and oxygen atoms in total. The molecule has 19 heavy (non-hydrogen) atoms. The summed E-state index contributed by atoms with van der Waals surface area (Å²) in [5.41, 5.74) is 0.448. The smallest absolute Gasteiger partial charge is 0.257 e. The van der Waals surface area contributed by atoms with Gasteiger partial charge in [-0.05, 0) is 26.0 Å². The monoisotopic (exact) mass is 264 g/mol. The van der Waals surface area contributed by atoms with Gasteiger partial charge in [-0.1, -0.05) is 6.07 Å². The molecule has 0 aliphatic carbocycles. The van der Waals surface area contributed by atoms with Crippen molar-refractivity contribution in [3.63, 3.8) is 0 Å². The molecule has 0 saturated heterocycles. The van der Waals surface area contributed by atoms with E-state index in [-0.39, 0.29) is 12.5 Å². The number of ether oxygens (including phenoxy) is 1. The second-order valence-corrected chi connectivity index (χ2v) is 5.43. The minimum absolute atomic E-state index is 0.150. The van der Waals surface area contributed by atoms with E-state index < -0.39 is 5.60 Å². The lowest BCUT2D eigenvalue weighted by molar-refractivity contribution is 0.0365. The quantitative estimate of drug-likeness (QED) is 0.864. The van der Waals surface area contributed by atoms with Crippen LogP contribution in [-0.4, -0.2) is 48.3 Å². The number of hydrogen-bond donors (Lipinski definition) is 2. The number of hydrogen-bond acceptors (Lipinski definition) is 4. The maximum absolute atomic E-state index is 12.4. The lowest BCUT2D eigenvalue weighted by atomic mass is 10.1. The van der Waals surface area contributed by atoms with Crippen molar-refractivity contribution in [2.24, 2.45) is 0 Å². The molecule has 1 heterocycles. The number of aliphatic hydroxyl groups is 1. The van der Waals surface area contributed by atoms with Crippen LogP contribution in [0.5, 0.6) is 5.75 Å². The molecule has 0 spiro atoms. The van der Waals surface area contributed by atoms with Gasteiger partial charge in [0.25, 0.3) is 5.91 Å². The third-order valence-corrected chi connectivity index (χ3v) is 2.88. The summed E-state index contributed by atoms with van der Waals surface area (Å²) in [5.74, 6) is 0.448. The van der Waals surface area contributed by atoms with Gasteiger partial charge in [-0.15, -0.1) is 0 Å². The van der Waals surface area contributed by atoms with Gasteiger partial charge in [0.1, 0.15) is 6.61 Å². The second kappa shape index (κ2) is 5.09. The summed E-state index contributed by atoms with van der Waals surface area (Å²) in [5, 5.41) is 13.0. The van der Waals surface area contributed by atoms with Gasteiger partial charge < -0.3 is 20.1 Å². The van der Waals surface area contributed by atoms with Crippen LogP contribution >= 0.6 is 0 Å². The maximum Gasteiger partial charge on any atom is 0.257 e. The fourth-order valence-electron chi connectivity index (χ4n) is 2.20. The van der Waals surface area contributed by atoms with E-state index in [1.54, 1.807) is 27.0 Å². The highest BCUT2D eigenvalue weighted by molar-refractivity contribution is 5.98. The minimum atomic E-state index is -0.918. The Hall–Kier alpha value is -1.75. The number of nitrogens with one attached hydrogen (secondary N) is 1. The molecule has 2 rings (SSSR count). The predicted molar refractivity (Wildman–Crippen MR) is 73.7 cm³/mol. The molecule has 5 heteroatoms. The third kappa shape index (κ3) is 3.17. The Morgan fingerprint density at radius 3 is 2.95 bits per heavy atom. The number of carbonyl (C=O) groups excluding carboxylic acids is 1. The van der Waals surface area contributed by atoms with Gasteiger partial charge >= 0.3 is 0 Å². The Balaban J connectivity index is 2.24. The molecule has 0 atom stereocenters. The Morgan fingerprint density at radius 2 is 2.26 bits per heavy atom. The number of anilines is 1. The zero-order chi connectivity index (χ0) is 14.0. The minimum Gasteiger partial charge on any atom is -0.489 e. The van der Waals surface area contributed by atoms with Crippen LogP contribution in [0, 0.1) is 0 Å². The van der Waals surface area contributed by atoms with Crippen molar-refractivity contribution >= 4 is 11.6 Å². The lowest BCUT2D eigenvalue weighted by Gasteiger charge is -2.27. The molecule has 1 amide bonds. The first-order valence-corrected chi connectivity index (χ1v) is 6.36. The molecule has 0 fully saturated rings. The molecule has 0 saturated carbocycles. The van der Waals surface area contributed by atoms with Crippen molar-refractivity contribution in [2.45, 2.75) is 19.4 Å². The molecule has 0 radical (unpaired) electrons. The first-order chi connectivity index (χ1) is 8.88. The van der Waals surface area contributed by atoms with Crippen LogP contribution in [0.1, 0.15) is 24.2 Å². The van der Waals surface area contributed by atoms with E-state index in [2.05, 4.69) is 5.32 Å². The summed E-state index contributed by atoms with van der Waals surface area (Å²) in [4.78, 5) is 13.9. The van der Waals surface area contributed by atoms with Crippen molar-refractivity contribution in [3.05, 3.63) is 23.8 Å². The van der Waals surface area contributed by atoms with Gasteiger partial charge in [0.15, 0.2) is 5.75 Å². The molecular weight excluding hydrogens is 244 g/mol. The van der Waals surface area contributed by atoms with Crippen molar-refractivity contribution < 1.29 is 14.6 Å². The van der Waals surface area contributed by atoms with E-state index in [9.17, 15) is 9.90 Å². The average molecular weight is 264 g/mol. The lowest BCUT2D eigenvalue weighted by Crippen LogP contribution is -2.40. The van der Waals surface area contributed by atoms with Gasteiger partial charge in [0.05, 0.1) is 16.9 Å². The molecule has 2 N–H and O–H groups in total. The summed E-state index contributed by atoms with van der Waals surface area (Å²) < 4.78 is 5.58. The maximum atomic E-state index is 12.4. The number of fused-ring (bicyclic) bond motifs is 1. The highest BCUT2D eigenvalue weighted by Gasteiger charge is 2.24. The van der Waals surface area contributed by atoms with Crippen LogP contribution in [0.2, 0.25) is 0 Å². The molecule has 0 bridgehead atoms. The summed E-state index contributed by atoms with van der Waals surface area (Å²) in [7, 11) is 1.68. The van der Waals surface area contributed by atoms with Crippen LogP contribution < -0.4 is 10.1 Å². The van der Waals surface area contributed by atoms with Crippen LogP contribution in [-0.2, 0) is 0 Å². The summed E-state index contributed by atoms with van der Waals surface area (Å²) in [6, 6.07) is 5.46. The summed E-state index contributed by atoms with van der Waals surface area (Å²) in [6.45, 7) is 4.91. The fraction of sp³-hybridized carbons (Fsp3) is 0.500. The van der Waals surface area contributed by atoms with E-state index in [1.807, 2.05) is 12.1 Å². The van der Waals surface area contributed by atoms with Crippen molar-refractivity contribution in [3.8, 4) is 5.75 Å². The molecule has 0 unspecified atom stereocenters. The van der Waals surface area contributed by atoms with Crippen molar-refractivity contribution in [1.29, 1.82) is 0 Å². The van der Waals surface area contributed by atoms with Gasteiger partial charge in [-0.25, -0.2) is 0 Å². The van der Waals surface area contributed by atoms with Gasteiger partial charge in [0, 0.05) is 20.1 Å². The Kier molecular flexibility index (Phi) is 3.66. The average Bonchev–Trinajstić information content (AvgIpc) is 2.35. The Labute approximate surface area is 113 Å². The van der Waals surface area contributed by atoms with E-state index >= 15 is 0 Å². The zero-order valence-corrected chi connectivity index (χ0v) is 11.6. The first-order valence-electron chi connectivity index (χ1n) is 6.36. The molecule has 1 aliphatic rings. The molecule has 1 aromatic rings. The van der Waals surface area contributed by atoms with E-state index in [4.69, 9.17) is 4.74 Å². The number of nitrogens with zero attached hydrogens (tertiary/aromatic N) is 1. The van der Waals surface area contributed by atoms with Crippen LogP contribution in [0.25, 0.3) is 0 Å². The molecular formula is C14H20N2O3. The van der Waals surface area contributed by atoms with Gasteiger partial charge in [-0.2, -0.15) is 0 Å². The summed E-state index contributed by atoms with van der Waals surface area (Å²) >= 11 is 0. The number of benzene rings is 1. The Morgan fingerprint density at radius 1 is 1.53 bits per heavy atom. The zero-order valence-electron chi connectivity index (χ0n) is 11.6.